The van der Waals surface area contributed by atoms with Crippen molar-refractivity contribution >= 4 is 11.7 Å². The van der Waals surface area contributed by atoms with E-state index in [4.69, 9.17) is 0 Å². The lowest BCUT2D eigenvalue weighted by atomic mass is 10.1. The number of carbonyl (C=O) groups is 1. The summed E-state index contributed by atoms with van der Waals surface area (Å²) >= 11 is 0. The maximum absolute atomic E-state index is 10.9. The van der Waals surface area contributed by atoms with Gasteiger partial charge in [0.15, 0.2) is 0 Å². The van der Waals surface area contributed by atoms with Gasteiger partial charge in [0.1, 0.15) is 12.1 Å². The Morgan fingerprint density at radius 1 is 1.50 bits per heavy atom. The molecule has 0 aliphatic heterocycles. The molecule has 0 atom stereocenters. The van der Waals surface area contributed by atoms with E-state index in [2.05, 4.69) is 15.3 Å². The number of carbonyl (C=O) groups excluding carboxylic acids is 1. The van der Waals surface area contributed by atoms with Gasteiger partial charge in [-0.05, 0) is 19.8 Å². The van der Waals surface area contributed by atoms with Gasteiger partial charge in [0.25, 0.3) is 0 Å². The van der Waals surface area contributed by atoms with Gasteiger partial charge in [-0.2, -0.15) is 0 Å². The van der Waals surface area contributed by atoms with Crippen LogP contribution in [0.2, 0.25) is 0 Å². The first kappa shape index (κ1) is 9.12. The van der Waals surface area contributed by atoms with E-state index in [-0.39, 0.29) is 5.91 Å². The van der Waals surface area contributed by atoms with Crippen LogP contribution >= 0.6 is 0 Å². The van der Waals surface area contributed by atoms with Crippen LogP contribution < -0.4 is 5.32 Å². The van der Waals surface area contributed by atoms with Crippen molar-refractivity contribution < 1.29 is 4.79 Å². The van der Waals surface area contributed by atoms with Gasteiger partial charge in [0.05, 0.1) is 5.69 Å². The van der Waals surface area contributed by atoms with Crippen LogP contribution in [0.5, 0.6) is 0 Å². The minimum atomic E-state index is -0.0893. The number of hydrogen-bond acceptors (Lipinski definition) is 3. The van der Waals surface area contributed by atoms with Crippen LogP contribution in [0.25, 0.3) is 0 Å². The first-order valence-electron chi connectivity index (χ1n) is 4.77. The van der Waals surface area contributed by atoms with Gasteiger partial charge in [0, 0.05) is 18.4 Å². The summed E-state index contributed by atoms with van der Waals surface area (Å²) in [6, 6.07) is 0. The maximum atomic E-state index is 10.9. The minimum absolute atomic E-state index is 0.0893. The summed E-state index contributed by atoms with van der Waals surface area (Å²) in [6.45, 7) is 3.44. The molecular weight excluding hydrogens is 178 g/mol. The molecule has 14 heavy (non-hydrogen) atoms. The van der Waals surface area contributed by atoms with Crippen LogP contribution in [0.15, 0.2) is 6.33 Å². The van der Waals surface area contributed by atoms with Crippen molar-refractivity contribution in [1.29, 1.82) is 0 Å². The number of anilines is 1. The summed E-state index contributed by atoms with van der Waals surface area (Å²) in [5, 5.41) is 2.71. The zero-order chi connectivity index (χ0) is 10.1. The average Bonchev–Trinajstić information content (AvgIpc) is 2.91. The summed E-state index contributed by atoms with van der Waals surface area (Å²) in [5.41, 5.74) is 2.09. The Kier molecular flexibility index (Phi) is 2.19. The summed E-state index contributed by atoms with van der Waals surface area (Å²) in [7, 11) is 0. The number of aromatic nitrogens is 2. The monoisotopic (exact) mass is 191 g/mol. The van der Waals surface area contributed by atoms with Crippen LogP contribution in [0.3, 0.4) is 0 Å². The fraction of sp³-hybridized carbons (Fsp3) is 0.500. The second-order valence-electron chi connectivity index (χ2n) is 3.69. The molecule has 0 unspecified atom stereocenters. The Bertz CT molecular complexity index is 372. The number of nitrogens with one attached hydrogen (secondary N) is 1. The quantitative estimate of drug-likeness (QED) is 0.772. The smallest absolute Gasteiger partial charge is 0.222 e. The molecule has 0 aromatic carbocycles. The molecule has 74 valence electrons. The number of nitrogens with zero attached hydrogens (tertiary/aromatic N) is 2. The molecule has 1 saturated carbocycles. The van der Waals surface area contributed by atoms with E-state index in [9.17, 15) is 4.79 Å². The standard InChI is InChI=1S/C10H13N3O/c1-6-9(8-3-4-8)11-5-12-10(6)13-7(2)14/h5,8H,3-4H2,1-2H3,(H,11,12,13,14). The Morgan fingerprint density at radius 3 is 2.79 bits per heavy atom. The van der Waals surface area contributed by atoms with Crippen molar-refractivity contribution in [2.45, 2.75) is 32.6 Å². The van der Waals surface area contributed by atoms with E-state index in [0.717, 1.165) is 11.3 Å². The highest BCUT2D eigenvalue weighted by molar-refractivity contribution is 5.88. The normalized spacial score (nSPS) is 15.3. The SMILES string of the molecule is CC(=O)Nc1ncnc(C2CC2)c1C. The summed E-state index contributed by atoms with van der Waals surface area (Å²) < 4.78 is 0. The molecule has 1 aromatic rings. The number of rotatable bonds is 2. The molecule has 4 heteroatoms. The van der Waals surface area contributed by atoms with E-state index >= 15 is 0 Å². The fourth-order valence-electron chi connectivity index (χ4n) is 1.52. The van der Waals surface area contributed by atoms with E-state index in [1.807, 2.05) is 6.92 Å². The van der Waals surface area contributed by atoms with Gasteiger partial charge in [-0.25, -0.2) is 9.97 Å². The molecule has 0 saturated heterocycles. The Hall–Kier alpha value is -1.45. The Labute approximate surface area is 82.8 Å². The number of hydrogen-bond donors (Lipinski definition) is 1. The lowest BCUT2D eigenvalue weighted by Gasteiger charge is -2.08. The predicted octanol–water partition coefficient (Wildman–Crippen LogP) is 1.62. The van der Waals surface area contributed by atoms with Gasteiger partial charge < -0.3 is 5.32 Å². The molecule has 1 aliphatic rings. The Morgan fingerprint density at radius 2 is 2.21 bits per heavy atom. The highest BCUT2D eigenvalue weighted by atomic mass is 16.1. The van der Waals surface area contributed by atoms with E-state index in [0.29, 0.717) is 11.7 Å². The zero-order valence-electron chi connectivity index (χ0n) is 8.37. The highest BCUT2D eigenvalue weighted by Gasteiger charge is 2.27. The minimum Gasteiger partial charge on any atom is -0.311 e. The van der Waals surface area contributed by atoms with Crippen LogP contribution in [-0.4, -0.2) is 15.9 Å². The zero-order valence-corrected chi connectivity index (χ0v) is 8.37. The van der Waals surface area contributed by atoms with Crippen LogP contribution in [0, 0.1) is 6.92 Å². The average molecular weight is 191 g/mol. The summed E-state index contributed by atoms with van der Waals surface area (Å²) in [4.78, 5) is 19.2. The van der Waals surface area contributed by atoms with Crippen molar-refractivity contribution in [2.75, 3.05) is 5.32 Å². The molecule has 1 amide bonds. The largest absolute Gasteiger partial charge is 0.311 e. The van der Waals surface area contributed by atoms with Gasteiger partial charge in [-0.1, -0.05) is 0 Å². The molecule has 0 spiro atoms. The van der Waals surface area contributed by atoms with E-state index in [1.165, 1.54) is 26.1 Å². The van der Waals surface area contributed by atoms with Crippen molar-refractivity contribution in [2.24, 2.45) is 0 Å². The van der Waals surface area contributed by atoms with E-state index in [1.54, 1.807) is 0 Å². The predicted molar refractivity (Wildman–Crippen MR) is 53.0 cm³/mol. The van der Waals surface area contributed by atoms with Crippen LogP contribution in [-0.2, 0) is 4.79 Å². The fourth-order valence-corrected chi connectivity index (χ4v) is 1.52. The second kappa shape index (κ2) is 3.36. The third-order valence-electron chi connectivity index (χ3n) is 2.38. The molecule has 1 N–H and O–H groups in total. The summed E-state index contributed by atoms with van der Waals surface area (Å²) in [6.07, 6.45) is 3.93. The third-order valence-corrected chi connectivity index (χ3v) is 2.38. The molecule has 1 heterocycles. The molecule has 2 rings (SSSR count). The van der Waals surface area contributed by atoms with Gasteiger partial charge >= 0.3 is 0 Å². The number of amides is 1. The third kappa shape index (κ3) is 1.73. The summed E-state index contributed by atoms with van der Waals surface area (Å²) in [5.74, 6) is 1.15. The Balaban J connectivity index is 2.31. The molecular formula is C10H13N3O. The van der Waals surface area contributed by atoms with Crippen molar-refractivity contribution in [3.63, 3.8) is 0 Å². The van der Waals surface area contributed by atoms with Crippen LogP contribution in [0.4, 0.5) is 5.82 Å². The lowest BCUT2D eigenvalue weighted by molar-refractivity contribution is -0.114. The molecule has 4 nitrogen and oxygen atoms in total. The molecule has 0 radical (unpaired) electrons. The molecule has 1 fully saturated rings. The first-order valence-corrected chi connectivity index (χ1v) is 4.77. The van der Waals surface area contributed by atoms with Gasteiger partial charge in [0.2, 0.25) is 5.91 Å². The highest BCUT2D eigenvalue weighted by Crippen LogP contribution is 2.41. The van der Waals surface area contributed by atoms with Crippen LogP contribution in [0.1, 0.15) is 36.9 Å². The first-order chi connectivity index (χ1) is 6.68. The molecule has 0 bridgehead atoms. The van der Waals surface area contributed by atoms with Gasteiger partial charge in [-0.3, -0.25) is 4.79 Å². The molecule has 1 aromatic heterocycles. The lowest BCUT2D eigenvalue weighted by Crippen LogP contribution is -2.10. The van der Waals surface area contributed by atoms with Crippen molar-refractivity contribution in [3.8, 4) is 0 Å². The maximum Gasteiger partial charge on any atom is 0.222 e. The van der Waals surface area contributed by atoms with Gasteiger partial charge in [-0.15, -0.1) is 0 Å². The van der Waals surface area contributed by atoms with Crippen molar-refractivity contribution in [3.05, 3.63) is 17.6 Å². The van der Waals surface area contributed by atoms with Crippen molar-refractivity contribution in [1.82, 2.24) is 9.97 Å². The topological polar surface area (TPSA) is 54.9 Å². The second-order valence-corrected chi connectivity index (χ2v) is 3.69. The van der Waals surface area contributed by atoms with E-state index < -0.39 is 0 Å². The molecule has 1 aliphatic carbocycles.